The van der Waals surface area contributed by atoms with Crippen molar-refractivity contribution < 1.29 is 32.3 Å². The van der Waals surface area contributed by atoms with Gasteiger partial charge in [-0.15, -0.1) is 11.3 Å². The molecule has 1 aromatic carbocycles. The number of imidazole rings is 1. The number of hydrogen-bond acceptors (Lipinski definition) is 6. The van der Waals surface area contributed by atoms with Gasteiger partial charge < -0.3 is 14.6 Å². The summed E-state index contributed by atoms with van der Waals surface area (Å²) in [7, 11) is 0. The van der Waals surface area contributed by atoms with Crippen LogP contribution >= 0.6 is 11.3 Å². The zero-order valence-electron chi connectivity index (χ0n) is 17.2. The Morgan fingerprint density at radius 2 is 1.91 bits per heavy atom. The average Bonchev–Trinajstić information content (AvgIpc) is 3.31. The van der Waals surface area contributed by atoms with Crippen LogP contribution in [-0.2, 0) is 10.9 Å². The van der Waals surface area contributed by atoms with Crippen LogP contribution in [0.4, 0.5) is 23.0 Å². The van der Waals surface area contributed by atoms with Crippen LogP contribution in [0.2, 0.25) is 0 Å². The number of carbonyl (C=O) groups excluding carboxylic acids is 3. The van der Waals surface area contributed by atoms with Crippen LogP contribution in [0.1, 0.15) is 53.4 Å². The van der Waals surface area contributed by atoms with Gasteiger partial charge in [0.1, 0.15) is 5.00 Å². The molecule has 2 N–H and O–H groups in total. The standard InChI is InChI=1S/C20H19F3N4O4S/c1-4-31-19(30)26-16(29)12-7-8-32-17(12)25-15(28)11-5-6-14-13(9-11)24-18(20(21,22)23)27(14)10(2)3/h5-10H,4H2,1-3H3,(H,25,28)(H,26,29,30). The zero-order chi connectivity index (χ0) is 23.6. The van der Waals surface area contributed by atoms with E-state index in [0.717, 1.165) is 15.9 Å². The minimum atomic E-state index is -4.65. The van der Waals surface area contributed by atoms with E-state index in [1.54, 1.807) is 26.2 Å². The minimum Gasteiger partial charge on any atom is -0.450 e. The zero-order valence-corrected chi connectivity index (χ0v) is 18.1. The summed E-state index contributed by atoms with van der Waals surface area (Å²) in [5, 5.41) is 6.28. The number of carbonyl (C=O) groups is 3. The summed E-state index contributed by atoms with van der Waals surface area (Å²) in [5.41, 5.74) is 0.366. The maximum absolute atomic E-state index is 13.4. The Morgan fingerprint density at radius 3 is 2.53 bits per heavy atom. The number of thiophene rings is 1. The summed E-state index contributed by atoms with van der Waals surface area (Å²) in [5.74, 6) is -2.45. The number of alkyl halides is 3. The molecule has 0 saturated carbocycles. The van der Waals surface area contributed by atoms with E-state index in [1.807, 2.05) is 5.32 Å². The molecule has 0 aliphatic heterocycles. The Hall–Kier alpha value is -3.41. The van der Waals surface area contributed by atoms with Crippen molar-refractivity contribution in [3.63, 3.8) is 0 Å². The Balaban J connectivity index is 1.87. The molecule has 12 heteroatoms. The lowest BCUT2D eigenvalue weighted by Crippen LogP contribution is -2.31. The molecule has 8 nitrogen and oxygen atoms in total. The number of ether oxygens (including phenoxy) is 1. The molecule has 0 aliphatic rings. The summed E-state index contributed by atoms with van der Waals surface area (Å²) in [6.45, 7) is 4.88. The molecule has 3 amide bonds. The van der Waals surface area contributed by atoms with Crippen molar-refractivity contribution in [1.82, 2.24) is 14.9 Å². The first-order chi connectivity index (χ1) is 15.0. The van der Waals surface area contributed by atoms with Crippen LogP contribution in [0.3, 0.4) is 0 Å². The fourth-order valence-corrected chi connectivity index (χ4v) is 3.83. The largest absolute Gasteiger partial charge is 0.450 e. The van der Waals surface area contributed by atoms with Crippen LogP contribution in [-0.4, -0.2) is 34.1 Å². The van der Waals surface area contributed by atoms with Crippen LogP contribution in [0.15, 0.2) is 29.6 Å². The minimum absolute atomic E-state index is 0.0186. The molecule has 0 bridgehead atoms. The fourth-order valence-electron chi connectivity index (χ4n) is 3.05. The number of alkyl carbamates (subject to hydrolysis) is 1. The molecule has 0 aliphatic carbocycles. The number of rotatable bonds is 5. The highest BCUT2D eigenvalue weighted by molar-refractivity contribution is 7.14. The molecule has 3 rings (SSSR count). The monoisotopic (exact) mass is 468 g/mol. The van der Waals surface area contributed by atoms with Gasteiger partial charge in [0, 0.05) is 11.6 Å². The van der Waals surface area contributed by atoms with Crippen LogP contribution in [0, 0.1) is 0 Å². The highest BCUT2D eigenvalue weighted by Crippen LogP contribution is 2.34. The highest BCUT2D eigenvalue weighted by atomic mass is 32.1. The van der Waals surface area contributed by atoms with E-state index in [0.29, 0.717) is 0 Å². The second-order valence-corrected chi connectivity index (χ2v) is 7.81. The summed E-state index contributed by atoms with van der Waals surface area (Å²) >= 11 is 1.05. The third-order valence-electron chi connectivity index (χ3n) is 4.35. The molecule has 0 spiro atoms. The number of anilines is 1. The van der Waals surface area contributed by atoms with Gasteiger partial charge in [-0.05, 0) is 50.4 Å². The number of amides is 3. The first-order valence-electron chi connectivity index (χ1n) is 9.49. The Labute approximate surface area is 184 Å². The van der Waals surface area contributed by atoms with Crippen molar-refractivity contribution >= 4 is 45.3 Å². The smallest absolute Gasteiger partial charge is 0.449 e. The van der Waals surface area contributed by atoms with Crippen LogP contribution in [0.25, 0.3) is 11.0 Å². The maximum atomic E-state index is 13.4. The molecule has 0 fully saturated rings. The predicted molar refractivity (Wildman–Crippen MR) is 112 cm³/mol. The van der Waals surface area contributed by atoms with Gasteiger partial charge in [-0.1, -0.05) is 0 Å². The number of aromatic nitrogens is 2. The van der Waals surface area contributed by atoms with E-state index >= 15 is 0 Å². The van der Waals surface area contributed by atoms with Crippen molar-refractivity contribution in [2.75, 3.05) is 11.9 Å². The predicted octanol–water partition coefficient (Wildman–Crippen LogP) is 4.84. The van der Waals surface area contributed by atoms with Crippen LogP contribution < -0.4 is 10.6 Å². The van der Waals surface area contributed by atoms with Gasteiger partial charge in [0.25, 0.3) is 11.8 Å². The number of halogens is 3. The van der Waals surface area contributed by atoms with Crippen molar-refractivity contribution in [2.45, 2.75) is 33.0 Å². The van der Waals surface area contributed by atoms with E-state index in [1.165, 1.54) is 24.3 Å². The van der Waals surface area contributed by atoms with Crippen molar-refractivity contribution in [3.8, 4) is 0 Å². The van der Waals surface area contributed by atoms with E-state index in [4.69, 9.17) is 0 Å². The number of hydrogen-bond donors (Lipinski definition) is 2. The van der Waals surface area contributed by atoms with Gasteiger partial charge in [-0.2, -0.15) is 13.2 Å². The number of benzene rings is 1. The van der Waals surface area contributed by atoms with Gasteiger partial charge >= 0.3 is 12.3 Å². The number of imide groups is 1. The third-order valence-corrected chi connectivity index (χ3v) is 5.18. The first-order valence-corrected chi connectivity index (χ1v) is 10.4. The molecule has 0 unspecified atom stereocenters. The maximum Gasteiger partial charge on any atom is 0.449 e. The lowest BCUT2D eigenvalue weighted by Gasteiger charge is -2.14. The Kier molecular flexibility index (Phi) is 6.53. The van der Waals surface area contributed by atoms with E-state index in [2.05, 4.69) is 15.0 Å². The molecule has 3 aromatic rings. The van der Waals surface area contributed by atoms with Crippen molar-refractivity contribution in [1.29, 1.82) is 0 Å². The van der Waals surface area contributed by atoms with Gasteiger partial charge in [0.05, 0.1) is 23.2 Å². The van der Waals surface area contributed by atoms with E-state index in [-0.39, 0.29) is 33.8 Å². The normalized spacial score (nSPS) is 11.6. The van der Waals surface area contributed by atoms with Gasteiger partial charge in [-0.3, -0.25) is 14.9 Å². The molecule has 2 aromatic heterocycles. The summed E-state index contributed by atoms with van der Waals surface area (Å²) < 4.78 is 45.9. The van der Waals surface area contributed by atoms with Crippen molar-refractivity contribution in [2.24, 2.45) is 0 Å². The number of nitrogens with zero attached hydrogens (tertiary/aromatic N) is 2. The summed E-state index contributed by atoms with van der Waals surface area (Å²) in [6, 6.07) is 4.95. The lowest BCUT2D eigenvalue weighted by atomic mass is 10.1. The average molecular weight is 468 g/mol. The molecule has 0 atom stereocenters. The van der Waals surface area contributed by atoms with Crippen molar-refractivity contribution in [3.05, 3.63) is 46.6 Å². The van der Waals surface area contributed by atoms with Crippen LogP contribution in [0.5, 0.6) is 0 Å². The van der Waals surface area contributed by atoms with Gasteiger partial charge in [-0.25, -0.2) is 9.78 Å². The van der Waals surface area contributed by atoms with E-state index in [9.17, 15) is 27.6 Å². The van der Waals surface area contributed by atoms with E-state index < -0.39 is 36.0 Å². The SMILES string of the molecule is CCOC(=O)NC(=O)c1ccsc1NC(=O)c1ccc2c(c1)nc(C(F)(F)F)n2C(C)C. The quantitative estimate of drug-likeness (QED) is 0.558. The molecular formula is C20H19F3N4O4S. The Bertz CT molecular complexity index is 1180. The summed E-state index contributed by atoms with van der Waals surface area (Å²) in [6.07, 6.45) is -5.57. The second kappa shape index (κ2) is 8.99. The third kappa shape index (κ3) is 4.74. The number of nitrogens with one attached hydrogen (secondary N) is 2. The fraction of sp³-hybridized carbons (Fsp3) is 0.300. The molecule has 0 radical (unpaired) electrons. The Morgan fingerprint density at radius 1 is 1.19 bits per heavy atom. The molecule has 0 saturated heterocycles. The topological polar surface area (TPSA) is 102 Å². The van der Waals surface area contributed by atoms with Gasteiger partial charge in [0.2, 0.25) is 5.82 Å². The molecule has 32 heavy (non-hydrogen) atoms. The van der Waals surface area contributed by atoms with Gasteiger partial charge in [0.15, 0.2) is 0 Å². The number of fused-ring (bicyclic) bond motifs is 1. The molecule has 2 heterocycles. The molecular weight excluding hydrogens is 449 g/mol. The first kappa shape index (κ1) is 23.3. The lowest BCUT2D eigenvalue weighted by molar-refractivity contribution is -0.147. The second-order valence-electron chi connectivity index (χ2n) is 6.89. The highest BCUT2D eigenvalue weighted by Gasteiger charge is 2.38. The summed E-state index contributed by atoms with van der Waals surface area (Å²) in [4.78, 5) is 40.1. The molecule has 170 valence electrons.